The molecule has 88 valence electrons. The lowest BCUT2D eigenvalue weighted by Crippen LogP contribution is -1.98. The van der Waals surface area contributed by atoms with E-state index in [2.05, 4.69) is 31.9 Å². The highest BCUT2D eigenvalue weighted by molar-refractivity contribution is 9.10. The average Bonchev–Trinajstić information content (AvgIpc) is 2.30. The van der Waals surface area contributed by atoms with E-state index < -0.39 is 6.29 Å². The van der Waals surface area contributed by atoms with E-state index in [9.17, 15) is 10.2 Å². The number of hydrogen-bond donors (Lipinski definition) is 2. The van der Waals surface area contributed by atoms with Gasteiger partial charge in [0, 0.05) is 14.5 Å². The molecule has 17 heavy (non-hydrogen) atoms. The van der Waals surface area contributed by atoms with Gasteiger partial charge in [-0.25, -0.2) is 0 Å². The van der Waals surface area contributed by atoms with Crippen molar-refractivity contribution in [1.82, 2.24) is 0 Å². The quantitative estimate of drug-likeness (QED) is 0.801. The molecule has 0 radical (unpaired) electrons. The maximum Gasteiger partial charge on any atom is 0.179 e. The van der Waals surface area contributed by atoms with Gasteiger partial charge in [0.25, 0.3) is 0 Å². The predicted octanol–water partition coefficient (Wildman–Crippen LogP) is 3.86. The zero-order valence-electron chi connectivity index (χ0n) is 8.77. The molecule has 0 amide bonds. The van der Waals surface area contributed by atoms with Crippen LogP contribution in [0, 0.1) is 0 Å². The van der Waals surface area contributed by atoms with Gasteiger partial charge in [-0.3, -0.25) is 0 Å². The molecule has 0 fully saturated rings. The molecule has 2 nitrogen and oxygen atoms in total. The fourth-order valence-corrected chi connectivity index (χ4v) is 2.28. The van der Waals surface area contributed by atoms with Crippen LogP contribution in [-0.4, -0.2) is 10.2 Å². The van der Waals surface area contributed by atoms with Gasteiger partial charge < -0.3 is 10.2 Å². The lowest BCUT2D eigenvalue weighted by Gasteiger charge is -2.12. The molecule has 0 aliphatic carbocycles. The van der Waals surface area contributed by atoms with E-state index in [-0.39, 0.29) is 0 Å². The van der Waals surface area contributed by atoms with Crippen LogP contribution in [0.4, 0.5) is 0 Å². The van der Waals surface area contributed by atoms with Crippen LogP contribution in [0.2, 0.25) is 0 Å². The zero-order valence-corrected chi connectivity index (χ0v) is 11.9. The Morgan fingerprint density at radius 3 is 2.00 bits per heavy atom. The fourth-order valence-electron chi connectivity index (χ4n) is 1.64. The molecule has 0 atom stereocenters. The van der Waals surface area contributed by atoms with Crippen molar-refractivity contribution in [3.8, 4) is 11.1 Å². The number of aliphatic hydroxyl groups is 2. The molecule has 0 heterocycles. The van der Waals surface area contributed by atoms with Gasteiger partial charge in [0.15, 0.2) is 6.29 Å². The van der Waals surface area contributed by atoms with Gasteiger partial charge >= 0.3 is 0 Å². The minimum absolute atomic E-state index is 0.488. The Hall–Kier alpha value is -0.680. The van der Waals surface area contributed by atoms with Crippen LogP contribution in [0.15, 0.2) is 51.4 Å². The Kier molecular flexibility index (Phi) is 3.99. The van der Waals surface area contributed by atoms with Gasteiger partial charge in [-0.15, -0.1) is 0 Å². The van der Waals surface area contributed by atoms with Crippen molar-refractivity contribution in [3.05, 3.63) is 57.0 Å². The standard InChI is InChI=1S/C13H10Br2O2/c14-9-3-1-8(2-4-9)11-6-5-10(15)7-12(11)13(16)17/h1-7,13,16-17H. The molecular formula is C13H10Br2O2. The van der Waals surface area contributed by atoms with Gasteiger partial charge in [-0.05, 0) is 35.4 Å². The first-order chi connectivity index (χ1) is 8.08. The number of aliphatic hydroxyl groups excluding tert-OH is 1. The second kappa shape index (κ2) is 5.31. The molecule has 0 aliphatic heterocycles. The molecule has 0 saturated heterocycles. The monoisotopic (exact) mass is 356 g/mol. The van der Waals surface area contributed by atoms with Crippen LogP contribution in [0.1, 0.15) is 11.9 Å². The van der Waals surface area contributed by atoms with E-state index in [0.717, 1.165) is 20.1 Å². The maximum atomic E-state index is 9.37. The van der Waals surface area contributed by atoms with Crippen molar-refractivity contribution < 1.29 is 10.2 Å². The highest BCUT2D eigenvalue weighted by atomic mass is 79.9. The normalized spacial score (nSPS) is 10.9. The summed E-state index contributed by atoms with van der Waals surface area (Å²) in [6.07, 6.45) is -1.48. The highest BCUT2D eigenvalue weighted by Crippen LogP contribution is 2.30. The molecule has 0 bridgehead atoms. The molecular weight excluding hydrogens is 348 g/mol. The van der Waals surface area contributed by atoms with Crippen LogP contribution in [0.25, 0.3) is 11.1 Å². The molecule has 4 heteroatoms. The van der Waals surface area contributed by atoms with E-state index in [1.54, 1.807) is 6.07 Å². The summed E-state index contributed by atoms with van der Waals surface area (Å²) in [6.45, 7) is 0. The number of rotatable bonds is 2. The minimum atomic E-state index is -1.48. The van der Waals surface area contributed by atoms with Gasteiger partial charge in [-0.1, -0.05) is 50.1 Å². The minimum Gasteiger partial charge on any atom is -0.364 e. The van der Waals surface area contributed by atoms with Crippen molar-refractivity contribution >= 4 is 31.9 Å². The largest absolute Gasteiger partial charge is 0.364 e. The molecule has 2 aromatic carbocycles. The summed E-state index contributed by atoms with van der Waals surface area (Å²) in [7, 11) is 0. The summed E-state index contributed by atoms with van der Waals surface area (Å²) in [5, 5.41) is 18.7. The smallest absolute Gasteiger partial charge is 0.179 e. The summed E-state index contributed by atoms with van der Waals surface area (Å²) < 4.78 is 1.81. The van der Waals surface area contributed by atoms with E-state index >= 15 is 0 Å². The van der Waals surface area contributed by atoms with Crippen LogP contribution in [0.5, 0.6) is 0 Å². The van der Waals surface area contributed by atoms with E-state index in [1.165, 1.54) is 0 Å². The summed E-state index contributed by atoms with van der Waals surface area (Å²) in [4.78, 5) is 0. The summed E-state index contributed by atoms with van der Waals surface area (Å²) in [6, 6.07) is 13.2. The van der Waals surface area contributed by atoms with E-state index in [0.29, 0.717) is 5.56 Å². The third kappa shape index (κ3) is 2.96. The topological polar surface area (TPSA) is 40.5 Å². The van der Waals surface area contributed by atoms with E-state index in [1.807, 2.05) is 36.4 Å². The number of halogens is 2. The van der Waals surface area contributed by atoms with Crippen LogP contribution in [0.3, 0.4) is 0 Å². The maximum absolute atomic E-state index is 9.37. The van der Waals surface area contributed by atoms with Gasteiger partial charge in [0.05, 0.1) is 0 Å². The molecule has 0 saturated carbocycles. The number of hydrogen-bond acceptors (Lipinski definition) is 2. The first-order valence-electron chi connectivity index (χ1n) is 4.99. The molecule has 0 aliphatic rings. The average molecular weight is 358 g/mol. The Bertz CT molecular complexity index is 521. The van der Waals surface area contributed by atoms with Gasteiger partial charge in [-0.2, -0.15) is 0 Å². The first-order valence-corrected chi connectivity index (χ1v) is 6.58. The first kappa shape index (κ1) is 12.8. The molecule has 0 unspecified atom stereocenters. The summed E-state index contributed by atoms with van der Waals surface area (Å²) >= 11 is 6.69. The lowest BCUT2D eigenvalue weighted by atomic mass is 9.99. The van der Waals surface area contributed by atoms with Crippen molar-refractivity contribution in [2.45, 2.75) is 6.29 Å². The Balaban J connectivity index is 2.54. The molecule has 0 spiro atoms. The van der Waals surface area contributed by atoms with E-state index in [4.69, 9.17) is 0 Å². The fraction of sp³-hybridized carbons (Fsp3) is 0.0769. The molecule has 0 aromatic heterocycles. The van der Waals surface area contributed by atoms with Crippen molar-refractivity contribution in [1.29, 1.82) is 0 Å². The molecule has 2 rings (SSSR count). The lowest BCUT2D eigenvalue weighted by molar-refractivity contribution is -0.0420. The second-order valence-electron chi connectivity index (χ2n) is 3.61. The Morgan fingerprint density at radius 1 is 0.824 bits per heavy atom. The highest BCUT2D eigenvalue weighted by Gasteiger charge is 2.11. The SMILES string of the molecule is OC(O)c1cc(Br)ccc1-c1ccc(Br)cc1. The predicted molar refractivity (Wildman–Crippen MR) is 74.5 cm³/mol. The molecule has 2 aromatic rings. The van der Waals surface area contributed by atoms with Crippen LogP contribution < -0.4 is 0 Å². The Labute approximate surface area is 116 Å². The Morgan fingerprint density at radius 2 is 1.41 bits per heavy atom. The third-order valence-corrected chi connectivity index (χ3v) is 3.47. The van der Waals surface area contributed by atoms with Crippen LogP contribution in [-0.2, 0) is 0 Å². The van der Waals surface area contributed by atoms with Crippen molar-refractivity contribution in [2.75, 3.05) is 0 Å². The summed E-state index contributed by atoms with van der Waals surface area (Å²) in [5.41, 5.74) is 2.25. The summed E-state index contributed by atoms with van der Waals surface area (Å²) in [5.74, 6) is 0. The second-order valence-corrected chi connectivity index (χ2v) is 5.44. The molecule has 2 N–H and O–H groups in total. The zero-order chi connectivity index (χ0) is 12.4. The number of benzene rings is 2. The van der Waals surface area contributed by atoms with Crippen molar-refractivity contribution in [2.24, 2.45) is 0 Å². The van der Waals surface area contributed by atoms with Gasteiger partial charge in [0.2, 0.25) is 0 Å². The van der Waals surface area contributed by atoms with Gasteiger partial charge in [0.1, 0.15) is 0 Å². The van der Waals surface area contributed by atoms with Crippen molar-refractivity contribution in [3.63, 3.8) is 0 Å². The van der Waals surface area contributed by atoms with Crippen LogP contribution >= 0.6 is 31.9 Å². The third-order valence-electron chi connectivity index (χ3n) is 2.45.